The Bertz CT molecular complexity index is 833. The third-order valence-electron chi connectivity index (χ3n) is 4.96. The summed E-state index contributed by atoms with van der Waals surface area (Å²) in [5, 5.41) is 3.20. The molecule has 2 aromatic rings. The maximum absolute atomic E-state index is 12.8. The van der Waals surface area contributed by atoms with E-state index in [9.17, 15) is 4.79 Å². The van der Waals surface area contributed by atoms with E-state index in [1.165, 1.54) is 5.56 Å². The molecule has 6 nitrogen and oxygen atoms in total. The molecule has 0 bridgehead atoms. The molecule has 0 radical (unpaired) electrons. The number of aryl methyl sites for hydroxylation is 1. The monoisotopic (exact) mass is 380 g/mol. The van der Waals surface area contributed by atoms with Gasteiger partial charge in [0, 0.05) is 32.9 Å². The molecule has 1 amide bonds. The van der Waals surface area contributed by atoms with E-state index >= 15 is 0 Å². The lowest BCUT2D eigenvalue weighted by atomic mass is 10.0. The van der Waals surface area contributed by atoms with Crippen molar-refractivity contribution in [2.24, 2.45) is 4.99 Å². The van der Waals surface area contributed by atoms with Crippen LogP contribution in [0.15, 0.2) is 53.5 Å². The Balaban J connectivity index is 1.58. The topological polar surface area (TPSA) is 57.2 Å². The predicted octanol–water partition coefficient (Wildman–Crippen LogP) is 2.68. The largest absolute Gasteiger partial charge is 0.497 e. The van der Waals surface area contributed by atoms with Crippen LogP contribution in [0.25, 0.3) is 0 Å². The van der Waals surface area contributed by atoms with Crippen molar-refractivity contribution < 1.29 is 9.53 Å². The van der Waals surface area contributed by atoms with Crippen molar-refractivity contribution in [3.8, 4) is 5.75 Å². The SMILES string of the molecule is CN=C(NCC(=O)N1CCCc2ccccc21)N(C)Cc1ccc(OC)cc1. The lowest BCUT2D eigenvalue weighted by Gasteiger charge is -2.30. The van der Waals surface area contributed by atoms with Crippen LogP contribution in [-0.2, 0) is 17.8 Å². The van der Waals surface area contributed by atoms with E-state index in [0.29, 0.717) is 12.5 Å². The third-order valence-corrected chi connectivity index (χ3v) is 4.96. The fourth-order valence-corrected chi connectivity index (χ4v) is 3.51. The molecule has 2 aromatic carbocycles. The molecule has 0 atom stereocenters. The minimum atomic E-state index is 0.0612. The average Bonchev–Trinajstić information content (AvgIpc) is 2.74. The number of benzene rings is 2. The van der Waals surface area contributed by atoms with Gasteiger partial charge in [-0.15, -0.1) is 0 Å². The first kappa shape index (κ1) is 19.7. The van der Waals surface area contributed by atoms with Gasteiger partial charge < -0.3 is 19.9 Å². The first-order chi connectivity index (χ1) is 13.6. The van der Waals surface area contributed by atoms with Gasteiger partial charge in [0.25, 0.3) is 0 Å². The number of nitrogens with one attached hydrogen (secondary N) is 1. The van der Waals surface area contributed by atoms with Crippen LogP contribution in [0.2, 0.25) is 0 Å². The Morgan fingerprint density at radius 1 is 1.21 bits per heavy atom. The van der Waals surface area contributed by atoms with E-state index in [0.717, 1.165) is 36.4 Å². The Morgan fingerprint density at radius 2 is 1.96 bits per heavy atom. The zero-order valence-corrected chi connectivity index (χ0v) is 16.8. The van der Waals surface area contributed by atoms with Gasteiger partial charge in [0.15, 0.2) is 5.96 Å². The van der Waals surface area contributed by atoms with Crippen molar-refractivity contribution in [3.05, 3.63) is 59.7 Å². The third kappa shape index (κ3) is 4.63. The lowest BCUT2D eigenvalue weighted by Crippen LogP contribution is -2.46. The highest BCUT2D eigenvalue weighted by molar-refractivity contribution is 5.98. The molecule has 1 N–H and O–H groups in total. The number of guanidine groups is 1. The number of carbonyl (C=O) groups is 1. The highest BCUT2D eigenvalue weighted by Gasteiger charge is 2.22. The van der Waals surface area contributed by atoms with Crippen LogP contribution in [0.5, 0.6) is 5.75 Å². The number of hydrogen-bond donors (Lipinski definition) is 1. The Hall–Kier alpha value is -3.02. The van der Waals surface area contributed by atoms with Crippen LogP contribution in [-0.4, -0.2) is 51.1 Å². The standard InChI is InChI=1S/C22H28N4O2/c1-23-22(25(2)16-17-10-12-19(28-3)13-11-17)24-15-21(27)26-14-6-8-18-7-4-5-9-20(18)26/h4-5,7,9-13H,6,8,14-16H2,1-3H3,(H,23,24). The molecule has 0 fully saturated rings. The quantitative estimate of drug-likeness (QED) is 0.640. The summed E-state index contributed by atoms with van der Waals surface area (Å²) in [6, 6.07) is 16.1. The summed E-state index contributed by atoms with van der Waals surface area (Å²) < 4.78 is 5.20. The molecule has 0 saturated heterocycles. The number of aliphatic imine (C=N–C) groups is 1. The second kappa shape index (κ2) is 9.26. The van der Waals surface area contributed by atoms with Gasteiger partial charge in [0.2, 0.25) is 5.91 Å². The number of methoxy groups -OCH3 is 1. The fourth-order valence-electron chi connectivity index (χ4n) is 3.51. The van der Waals surface area contributed by atoms with Gasteiger partial charge in [-0.25, -0.2) is 0 Å². The number of fused-ring (bicyclic) bond motifs is 1. The highest BCUT2D eigenvalue weighted by atomic mass is 16.5. The van der Waals surface area contributed by atoms with E-state index in [1.807, 2.05) is 59.3 Å². The normalized spacial score (nSPS) is 13.7. The fraction of sp³-hybridized carbons (Fsp3) is 0.364. The number of hydrogen-bond acceptors (Lipinski definition) is 3. The molecular weight excluding hydrogens is 352 g/mol. The molecule has 3 rings (SSSR count). The maximum Gasteiger partial charge on any atom is 0.246 e. The zero-order valence-electron chi connectivity index (χ0n) is 16.8. The van der Waals surface area contributed by atoms with Gasteiger partial charge in [0.05, 0.1) is 13.7 Å². The van der Waals surface area contributed by atoms with Crippen LogP contribution < -0.4 is 15.0 Å². The second-order valence-electron chi connectivity index (χ2n) is 6.88. The van der Waals surface area contributed by atoms with Crippen molar-refractivity contribution in [1.82, 2.24) is 10.2 Å². The molecule has 0 spiro atoms. The summed E-state index contributed by atoms with van der Waals surface area (Å²) in [7, 11) is 5.35. The lowest BCUT2D eigenvalue weighted by molar-refractivity contribution is -0.117. The molecule has 0 saturated carbocycles. The average molecular weight is 380 g/mol. The van der Waals surface area contributed by atoms with E-state index in [1.54, 1.807) is 14.2 Å². The number of amides is 1. The van der Waals surface area contributed by atoms with Gasteiger partial charge in [-0.2, -0.15) is 0 Å². The summed E-state index contributed by atoms with van der Waals surface area (Å²) >= 11 is 0. The minimum absolute atomic E-state index is 0.0612. The number of ether oxygens (including phenoxy) is 1. The molecule has 6 heteroatoms. The van der Waals surface area contributed by atoms with Crippen molar-refractivity contribution in [2.45, 2.75) is 19.4 Å². The van der Waals surface area contributed by atoms with Crippen molar-refractivity contribution in [2.75, 3.05) is 39.2 Å². The molecule has 0 aliphatic carbocycles. The van der Waals surface area contributed by atoms with Crippen LogP contribution in [0.4, 0.5) is 5.69 Å². The number of rotatable bonds is 5. The molecule has 1 aliphatic heterocycles. The number of para-hydroxylation sites is 1. The number of carbonyl (C=O) groups excluding carboxylic acids is 1. The number of anilines is 1. The zero-order chi connectivity index (χ0) is 19.9. The molecular formula is C22H28N4O2. The predicted molar refractivity (Wildman–Crippen MR) is 113 cm³/mol. The van der Waals surface area contributed by atoms with Crippen molar-refractivity contribution >= 4 is 17.6 Å². The second-order valence-corrected chi connectivity index (χ2v) is 6.88. The van der Waals surface area contributed by atoms with Gasteiger partial charge in [-0.3, -0.25) is 9.79 Å². The van der Waals surface area contributed by atoms with E-state index < -0.39 is 0 Å². The smallest absolute Gasteiger partial charge is 0.246 e. The van der Waals surface area contributed by atoms with Crippen LogP contribution in [0.3, 0.4) is 0 Å². The van der Waals surface area contributed by atoms with Gasteiger partial charge in [-0.1, -0.05) is 30.3 Å². The van der Waals surface area contributed by atoms with Crippen molar-refractivity contribution in [1.29, 1.82) is 0 Å². The molecule has 0 unspecified atom stereocenters. The maximum atomic E-state index is 12.8. The van der Waals surface area contributed by atoms with Crippen LogP contribution in [0, 0.1) is 0 Å². The summed E-state index contributed by atoms with van der Waals surface area (Å²) in [6.45, 7) is 1.66. The van der Waals surface area contributed by atoms with Crippen LogP contribution >= 0.6 is 0 Å². The van der Waals surface area contributed by atoms with E-state index in [4.69, 9.17) is 4.74 Å². The van der Waals surface area contributed by atoms with E-state index in [2.05, 4.69) is 16.4 Å². The Morgan fingerprint density at radius 3 is 2.68 bits per heavy atom. The minimum Gasteiger partial charge on any atom is -0.497 e. The first-order valence-corrected chi connectivity index (χ1v) is 9.55. The Kier molecular flexibility index (Phi) is 6.53. The summed E-state index contributed by atoms with van der Waals surface area (Å²) in [4.78, 5) is 21.0. The summed E-state index contributed by atoms with van der Waals surface area (Å²) in [6.07, 6.45) is 2.02. The number of nitrogens with zero attached hydrogens (tertiary/aromatic N) is 3. The summed E-state index contributed by atoms with van der Waals surface area (Å²) in [5.74, 6) is 1.59. The van der Waals surface area contributed by atoms with E-state index in [-0.39, 0.29) is 12.5 Å². The molecule has 0 aromatic heterocycles. The molecule has 1 heterocycles. The molecule has 28 heavy (non-hydrogen) atoms. The highest BCUT2D eigenvalue weighted by Crippen LogP contribution is 2.26. The molecule has 1 aliphatic rings. The Labute approximate surface area is 166 Å². The first-order valence-electron chi connectivity index (χ1n) is 9.55. The van der Waals surface area contributed by atoms with Gasteiger partial charge in [-0.05, 0) is 42.2 Å². The summed E-state index contributed by atoms with van der Waals surface area (Å²) in [5.41, 5.74) is 3.41. The van der Waals surface area contributed by atoms with Crippen molar-refractivity contribution in [3.63, 3.8) is 0 Å². The van der Waals surface area contributed by atoms with Gasteiger partial charge >= 0.3 is 0 Å². The van der Waals surface area contributed by atoms with Crippen LogP contribution in [0.1, 0.15) is 17.5 Å². The molecule has 148 valence electrons. The van der Waals surface area contributed by atoms with Gasteiger partial charge in [0.1, 0.15) is 5.75 Å².